The lowest BCUT2D eigenvalue weighted by atomic mass is 10.1. The number of ketones is 1. The lowest BCUT2D eigenvalue weighted by molar-refractivity contribution is -0.158. The highest BCUT2D eigenvalue weighted by molar-refractivity contribution is 5.87. The van der Waals surface area contributed by atoms with Crippen molar-refractivity contribution in [1.82, 2.24) is 0 Å². The number of rotatable bonds is 21. The first-order valence-corrected chi connectivity index (χ1v) is 12.0. The predicted molar refractivity (Wildman–Crippen MR) is 123 cm³/mol. The van der Waals surface area contributed by atoms with Gasteiger partial charge in [-0.25, -0.2) is 0 Å². The predicted octanol–water partition coefficient (Wildman–Crippen LogP) is 6.01. The SMILES string of the molecule is CCCCCCCC(C/C=C/CCCCCCCC(=O)OC(CC(=O)O)C(C)=O)OC. The molecule has 180 valence electrons. The molecule has 0 aliphatic heterocycles. The highest BCUT2D eigenvalue weighted by atomic mass is 16.5. The van der Waals surface area contributed by atoms with Gasteiger partial charge in [0.1, 0.15) is 0 Å². The van der Waals surface area contributed by atoms with Crippen LogP contribution in [0.4, 0.5) is 0 Å². The summed E-state index contributed by atoms with van der Waals surface area (Å²) in [7, 11) is 1.80. The van der Waals surface area contributed by atoms with Crippen LogP contribution in [-0.2, 0) is 23.9 Å². The van der Waals surface area contributed by atoms with E-state index in [9.17, 15) is 14.4 Å². The normalized spacial score (nSPS) is 13.3. The molecule has 0 aliphatic carbocycles. The summed E-state index contributed by atoms with van der Waals surface area (Å²) in [6.07, 6.45) is 17.9. The zero-order chi connectivity index (χ0) is 23.3. The summed E-state index contributed by atoms with van der Waals surface area (Å²) in [6, 6.07) is 0. The van der Waals surface area contributed by atoms with Crippen LogP contribution >= 0.6 is 0 Å². The molecule has 0 saturated carbocycles. The van der Waals surface area contributed by atoms with Crippen LogP contribution in [0.2, 0.25) is 0 Å². The van der Waals surface area contributed by atoms with Crippen molar-refractivity contribution in [1.29, 1.82) is 0 Å². The van der Waals surface area contributed by atoms with Crippen molar-refractivity contribution in [3.8, 4) is 0 Å². The van der Waals surface area contributed by atoms with E-state index < -0.39 is 30.2 Å². The summed E-state index contributed by atoms with van der Waals surface area (Å²) in [6.45, 7) is 3.47. The number of carboxylic acid groups (broad SMARTS) is 1. The molecule has 0 amide bonds. The summed E-state index contributed by atoms with van der Waals surface area (Å²) < 4.78 is 10.5. The van der Waals surface area contributed by atoms with Crippen LogP contribution in [-0.4, -0.2) is 42.1 Å². The molecule has 0 saturated heterocycles. The quantitative estimate of drug-likeness (QED) is 0.133. The van der Waals surface area contributed by atoms with Gasteiger partial charge in [-0.05, 0) is 39.0 Å². The minimum absolute atomic E-state index is 0.222. The topological polar surface area (TPSA) is 89.9 Å². The van der Waals surface area contributed by atoms with Crippen molar-refractivity contribution in [2.45, 2.75) is 122 Å². The van der Waals surface area contributed by atoms with Crippen molar-refractivity contribution >= 4 is 17.7 Å². The molecular formula is C25H44O6. The molecular weight excluding hydrogens is 396 g/mol. The van der Waals surface area contributed by atoms with Crippen LogP contribution in [0.3, 0.4) is 0 Å². The third kappa shape index (κ3) is 18.8. The molecule has 0 spiro atoms. The van der Waals surface area contributed by atoms with E-state index in [1.54, 1.807) is 7.11 Å². The van der Waals surface area contributed by atoms with Gasteiger partial charge in [0.05, 0.1) is 12.5 Å². The maximum absolute atomic E-state index is 11.8. The van der Waals surface area contributed by atoms with E-state index in [2.05, 4.69) is 19.1 Å². The first kappa shape index (κ1) is 29.3. The van der Waals surface area contributed by atoms with E-state index in [1.807, 2.05) is 0 Å². The lowest BCUT2D eigenvalue weighted by Gasteiger charge is -2.13. The van der Waals surface area contributed by atoms with Gasteiger partial charge in [0.25, 0.3) is 0 Å². The Morgan fingerprint density at radius 3 is 2.19 bits per heavy atom. The number of Topliss-reactive ketones (excluding diaryl/α,β-unsaturated/α-hetero) is 1. The second-order valence-corrected chi connectivity index (χ2v) is 8.26. The standard InChI is InChI=1S/C25H44O6/c1-4-5-6-11-14-17-22(30-3)18-15-12-9-7-8-10-13-16-19-25(29)31-23(21(2)26)20-24(27)28/h12,15,22-23H,4-11,13-14,16-20H2,1-3H3,(H,27,28)/b15-12+. The second-order valence-electron chi connectivity index (χ2n) is 8.26. The van der Waals surface area contributed by atoms with Crippen molar-refractivity contribution in [2.75, 3.05) is 7.11 Å². The Kier molecular flexibility index (Phi) is 19.1. The average molecular weight is 441 g/mol. The lowest BCUT2D eigenvalue weighted by Crippen LogP contribution is -2.28. The van der Waals surface area contributed by atoms with Crippen LogP contribution in [0.15, 0.2) is 12.2 Å². The fraction of sp³-hybridized carbons (Fsp3) is 0.800. The molecule has 0 aromatic rings. The first-order chi connectivity index (χ1) is 14.9. The molecule has 0 aromatic carbocycles. The molecule has 2 atom stereocenters. The van der Waals surface area contributed by atoms with Gasteiger partial charge < -0.3 is 14.6 Å². The largest absolute Gasteiger partial charge is 0.481 e. The summed E-state index contributed by atoms with van der Waals surface area (Å²) >= 11 is 0. The number of carboxylic acids is 1. The van der Waals surface area contributed by atoms with E-state index in [4.69, 9.17) is 14.6 Å². The average Bonchev–Trinajstić information content (AvgIpc) is 2.72. The Hall–Kier alpha value is -1.69. The molecule has 0 rings (SSSR count). The molecule has 6 heteroatoms. The van der Waals surface area contributed by atoms with Crippen LogP contribution in [0.5, 0.6) is 0 Å². The van der Waals surface area contributed by atoms with Crippen molar-refractivity contribution in [3.05, 3.63) is 12.2 Å². The highest BCUT2D eigenvalue weighted by Gasteiger charge is 2.22. The number of allylic oxidation sites excluding steroid dienone is 1. The number of carbonyl (C=O) groups is 3. The minimum Gasteiger partial charge on any atom is -0.481 e. The summed E-state index contributed by atoms with van der Waals surface area (Å²) in [4.78, 5) is 33.8. The number of ether oxygens (including phenoxy) is 2. The van der Waals surface area contributed by atoms with Gasteiger partial charge in [0.15, 0.2) is 11.9 Å². The van der Waals surface area contributed by atoms with Gasteiger partial charge >= 0.3 is 11.9 Å². The zero-order valence-electron chi connectivity index (χ0n) is 19.9. The Morgan fingerprint density at radius 2 is 1.55 bits per heavy atom. The fourth-order valence-corrected chi connectivity index (χ4v) is 3.38. The Labute approximate surface area is 188 Å². The summed E-state index contributed by atoms with van der Waals surface area (Å²) in [5.41, 5.74) is 0. The number of hydrogen-bond acceptors (Lipinski definition) is 5. The van der Waals surface area contributed by atoms with Gasteiger partial charge in [0.2, 0.25) is 0 Å². The molecule has 0 heterocycles. The van der Waals surface area contributed by atoms with E-state index in [0.29, 0.717) is 12.5 Å². The molecule has 2 unspecified atom stereocenters. The molecule has 0 aromatic heterocycles. The van der Waals surface area contributed by atoms with Gasteiger partial charge in [-0.2, -0.15) is 0 Å². The van der Waals surface area contributed by atoms with Crippen molar-refractivity contribution in [3.63, 3.8) is 0 Å². The van der Waals surface area contributed by atoms with Gasteiger partial charge in [-0.1, -0.05) is 70.4 Å². The third-order valence-electron chi connectivity index (χ3n) is 5.37. The second kappa shape index (κ2) is 20.2. The van der Waals surface area contributed by atoms with E-state index >= 15 is 0 Å². The summed E-state index contributed by atoms with van der Waals surface area (Å²) in [5, 5.41) is 8.74. The van der Waals surface area contributed by atoms with E-state index in [-0.39, 0.29) is 6.42 Å². The van der Waals surface area contributed by atoms with Crippen LogP contribution in [0, 0.1) is 0 Å². The number of unbranched alkanes of at least 4 members (excludes halogenated alkanes) is 9. The number of esters is 1. The first-order valence-electron chi connectivity index (χ1n) is 12.0. The number of aliphatic carboxylic acids is 1. The Morgan fingerprint density at radius 1 is 0.903 bits per heavy atom. The molecule has 0 aliphatic rings. The van der Waals surface area contributed by atoms with E-state index in [0.717, 1.165) is 44.9 Å². The molecule has 6 nitrogen and oxygen atoms in total. The highest BCUT2D eigenvalue weighted by Crippen LogP contribution is 2.13. The minimum atomic E-state index is -1.17. The molecule has 31 heavy (non-hydrogen) atoms. The van der Waals surface area contributed by atoms with Gasteiger partial charge in [-0.15, -0.1) is 0 Å². The van der Waals surface area contributed by atoms with Crippen LogP contribution < -0.4 is 0 Å². The number of methoxy groups -OCH3 is 1. The third-order valence-corrected chi connectivity index (χ3v) is 5.37. The van der Waals surface area contributed by atoms with Gasteiger partial charge in [-0.3, -0.25) is 14.4 Å². The number of carbonyl (C=O) groups excluding carboxylic acids is 2. The smallest absolute Gasteiger partial charge is 0.307 e. The monoisotopic (exact) mass is 440 g/mol. The van der Waals surface area contributed by atoms with Crippen molar-refractivity contribution < 1.29 is 29.0 Å². The molecule has 1 N–H and O–H groups in total. The fourth-order valence-electron chi connectivity index (χ4n) is 3.38. The maximum Gasteiger partial charge on any atom is 0.307 e. The van der Waals surface area contributed by atoms with Crippen molar-refractivity contribution in [2.24, 2.45) is 0 Å². The summed E-state index contributed by atoms with van der Waals surface area (Å²) in [5.74, 6) is -2.09. The van der Waals surface area contributed by atoms with Gasteiger partial charge in [0, 0.05) is 13.5 Å². The maximum atomic E-state index is 11.8. The van der Waals surface area contributed by atoms with Crippen LogP contribution in [0.1, 0.15) is 110 Å². The molecule has 0 radical (unpaired) electrons. The zero-order valence-corrected chi connectivity index (χ0v) is 19.9. The Balaban J connectivity index is 3.69. The molecule has 0 fully saturated rings. The van der Waals surface area contributed by atoms with Crippen LogP contribution in [0.25, 0.3) is 0 Å². The Bertz CT molecular complexity index is 514. The molecule has 0 bridgehead atoms. The van der Waals surface area contributed by atoms with E-state index in [1.165, 1.54) is 39.0 Å². The number of hydrogen-bond donors (Lipinski definition) is 1.